The van der Waals surface area contributed by atoms with Crippen LogP contribution in [-0.2, 0) is 4.79 Å². The molecule has 0 aliphatic rings. The van der Waals surface area contributed by atoms with Crippen molar-refractivity contribution in [1.82, 2.24) is 15.2 Å². The number of anilines is 2. The Morgan fingerprint density at radius 3 is 2.78 bits per heavy atom. The summed E-state index contributed by atoms with van der Waals surface area (Å²) < 4.78 is 13.6. The molecule has 0 aliphatic carbocycles. The minimum absolute atomic E-state index is 0.0254. The van der Waals surface area contributed by atoms with Crippen LogP contribution in [-0.4, -0.2) is 26.8 Å². The molecule has 0 spiro atoms. The van der Waals surface area contributed by atoms with Gasteiger partial charge in [0.15, 0.2) is 10.9 Å². The van der Waals surface area contributed by atoms with Crippen LogP contribution in [0.15, 0.2) is 52.4 Å². The van der Waals surface area contributed by atoms with Gasteiger partial charge in [-0.2, -0.15) is 0 Å². The second-order valence-corrected chi connectivity index (χ2v) is 6.76. The molecule has 27 heavy (non-hydrogen) atoms. The molecule has 0 bridgehead atoms. The number of hydrogen-bond acceptors (Lipinski definition) is 6. The van der Waals surface area contributed by atoms with Crippen LogP contribution in [0.25, 0.3) is 11.3 Å². The van der Waals surface area contributed by atoms with E-state index in [1.807, 2.05) is 0 Å². The fourth-order valence-electron chi connectivity index (χ4n) is 2.19. The summed E-state index contributed by atoms with van der Waals surface area (Å²) in [6.07, 6.45) is 0. The number of hydrogen-bond donors (Lipinski definition) is 3. The molecule has 3 aromatic rings. The fraction of sp³-hybridized carbons (Fsp3) is 0.0588. The summed E-state index contributed by atoms with van der Waals surface area (Å²) in [6, 6.07) is 10.6. The maximum atomic E-state index is 13.6. The smallest absolute Gasteiger partial charge is 0.278 e. The molecule has 10 heteroatoms. The van der Waals surface area contributed by atoms with Gasteiger partial charge in [-0.1, -0.05) is 41.6 Å². The van der Waals surface area contributed by atoms with E-state index in [0.29, 0.717) is 16.3 Å². The molecule has 1 amide bonds. The quantitative estimate of drug-likeness (QED) is 0.444. The van der Waals surface area contributed by atoms with E-state index in [4.69, 9.17) is 17.3 Å². The number of H-pyrrole nitrogens is 1. The summed E-state index contributed by atoms with van der Waals surface area (Å²) in [7, 11) is 0. The molecular weight excluding hydrogens is 393 g/mol. The van der Waals surface area contributed by atoms with Crippen molar-refractivity contribution < 1.29 is 9.18 Å². The topological polar surface area (TPSA) is 114 Å². The third-order valence-electron chi connectivity index (χ3n) is 3.43. The summed E-state index contributed by atoms with van der Waals surface area (Å²) >= 11 is 6.73. The SMILES string of the molecule is Nc1ccccc1-c1nnc(SCC(=O)Nc2cc(Cl)ccc2F)[nH]c1=O. The molecule has 0 radical (unpaired) electrons. The highest BCUT2D eigenvalue weighted by Crippen LogP contribution is 2.22. The number of rotatable bonds is 5. The highest BCUT2D eigenvalue weighted by molar-refractivity contribution is 7.99. The number of aromatic nitrogens is 3. The summed E-state index contributed by atoms with van der Waals surface area (Å²) in [5, 5.41) is 10.6. The zero-order valence-electron chi connectivity index (χ0n) is 13.7. The van der Waals surface area contributed by atoms with Crippen LogP contribution in [0.1, 0.15) is 0 Å². The lowest BCUT2D eigenvalue weighted by atomic mass is 10.1. The monoisotopic (exact) mass is 405 g/mol. The molecule has 1 heterocycles. The van der Waals surface area contributed by atoms with Gasteiger partial charge in [0.2, 0.25) is 5.91 Å². The number of para-hydroxylation sites is 1. The van der Waals surface area contributed by atoms with E-state index in [-0.39, 0.29) is 22.3 Å². The van der Waals surface area contributed by atoms with E-state index in [1.165, 1.54) is 12.1 Å². The van der Waals surface area contributed by atoms with Crippen molar-refractivity contribution in [2.45, 2.75) is 5.16 Å². The first-order chi connectivity index (χ1) is 12.9. The van der Waals surface area contributed by atoms with Crippen molar-refractivity contribution >= 4 is 40.6 Å². The Balaban J connectivity index is 1.67. The van der Waals surface area contributed by atoms with Gasteiger partial charge in [0.25, 0.3) is 5.56 Å². The second-order valence-electron chi connectivity index (χ2n) is 5.36. The van der Waals surface area contributed by atoms with Crippen LogP contribution < -0.4 is 16.6 Å². The van der Waals surface area contributed by atoms with E-state index in [1.54, 1.807) is 24.3 Å². The number of nitrogens with one attached hydrogen (secondary N) is 2. The highest BCUT2D eigenvalue weighted by atomic mass is 35.5. The number of nitrogens with two attached hydrogens (primary N) is 1. The third kappa shape index (κ3) is 4.63. The van der Waals surface area contributed by atoms with Crippen LogP contribution in [0.5, 0.6) is 0 Å². The largest absolute Gasteiger partial charge is 0.398 e. The number of thioether (sulfide) groups is 1. The van der Waals surface area contributed by atoms with Gasteiger partial charge in [0.05, 0.1) is 11.4 Å². The van der Waals surface area contributed by atoms with E-state index in [9.17, 15) is 14.0 Å². The molecule has 0 saturated carbocycles. The molecule has 0 atom stereocenters. The normalized spacial score (nSPS) is 10.6. The summed E-state index contributed by atoms with van der Waals surface area (Å²) in [6.45, 7) is 0. The highest BCUT2D eigenvalue weighted by Gasteiger charge is 2.12. The first-order valence-corrected chi connectivity index (χ1v) is 9.00. The predicted octanol–water partition coefficient (Wildman–Crippen LogP) is 2.94. The molecule has 0 aliphatic heterocycles. The Labute approximate surface area is 162 Å². The Kier molecular flexibility index (Phi) is 5.72. The van der Waals surface area contributed by atoms with Crippen molar-refractivity contribution in [2.24, 2.45) is 0 Å². The van der Waals surface area contributed by atoms with Crippen molar-refractivity contribution in [3.8, 4) is 11.3 Å². The summed E-state index contributed by atoms with van der Waals surface area (Å²) in [4.78, 5) is 26.7. The van der Waals surface area contributed by atoms with Gasteiger partial charge in [-0.3, -0.25) is 14.6 Å². The van der Waals surface area contributed by atoms with Crippen molar-refractivity contribution in [3.05, 3.63) is 63.7 Å². The number of carbonyl (C=O) groups is 1. The second kappa shape index (κ2) is 8.19. The third-order valence-corrected chi connectivity index (χ3v) is 4.53. The van der Waals surface area contributed by atoms with E-state index in [2.05, 4.69) is 20.5 Å². The van der Waals surface area contributed by atoms with E-state index < -0.39 is 17.3 Å². The average Bonchev–Trinajstić information content (AvgIpc) is 2.64. The number of halogens is 2. The van der Waals surface area contributed by atoms with Gasteiger partial charge >= 0.3 is 0 Å². The van der Waals surface area contributed by atoms with E-state index >= 15 is 0 Å². The molecule has 0 unspecified atom stereocenters. The molecule has 3 rings (SSSR count). The first-order valence-electron chi connectivity index (χ1n) is 7.63. The Morgan fingerprint density at radius 2 is 2.04 bits per heavy atom. The van der Waals surface area contributed by atoms with E-state index in [0.717, 1.165) is 17.8 Å². The lowest BCUT2D eigenvalue weighted by Gasteiger charge is -2.07. The minimum Gasteiger partial charge on any atom is -0.398 e. The number of nitrogen functional groups attached to an aromatic ring is 1. The maximum Gasteiger partial charge on any atom is 0.278 e. The summed E-state index contributed by atoms with van der Waals surface area (Å²) in [5.41, 5.74) is 6.29. The lowest BCUT2D eigenvalue weighted by Crippen LogP contribution is -2.18. The number of carbonyl (C=O) groups excluding carboxylic acids is 1. The minimum atomic E-state index is -0.601. The van der Waals surface area contributed by atoms with Crippen LogP contribution in [0.4, 0.5) is 15.8 Å². The lowest BCUT2D eigenvalue weighted by molar-refractivity contribution is -0.113. The standard InChI is InChI=1S/C17H13ClFN5O2S/c18-9-5-6-11(19)13(7-9)21-14(25)8-27-17-22-16(26)15(23-24-17)10-3-1-2-4-12(10)20/h1-7H,8,20H2,(H,21,25)(H,22,24,26). The molecule has 0 saturated heterocycles. The van der Waals surface area contributed by atoms with Gasteiger partial charge in [0, 0.05) is 16.3 Å². The van der Waals surface area contributed by atoms with Crippen molar-refractivity contribution in [2.75, 3.05) is 16.8 Å². The number of nitrogens with zero attached hydrogens (tertiary/aromatic N) is 2. The Hall–Kier alpha value is -2.91. The number of benzene rings is 2. The first kappa shape index (κ1) is 18.9. The molecular formula is C17H13ClFN5O2S. The van der Waals surface area contributed by atoms with Crippen LogP contribution in [0.2, 0.25) is 5.02 Å². The zero-order chi connectivity index (χ0) is 19.4. The van der Waals surface area contributed by atoms with Gasteiger partial charge < -0.3 is 11.1 Å². The van der Waals surface area contributed by atoms with Gasteiger partial charge in [-0.05, 0) is 24.3 Å². The van der Waals surface area contributed by atoms with Gasteiger partial charge in [0.1, 0.15) is 5.82 Å². The van der Waals surface area contributed by atoms with Crippen LogP contribution >= 0.6 is 23.4 Å². The zero-order valence-corrected chi connectivity index (χ0v) is 15.3. The average molecular weight is 406 g/mol. The molecule has 4 N–H and O–H groups in total. The van der Waals surface area contributed by atoms with Crippen molar-refractivity contribution in [1.29, 1.82) is 0 Å². The summed E-state index contributed by atoms with van der Waals surface area (Å²) in [5.74, 6) is -1.19. The predicted molar refractivity (Wildman–Crippen MR) is 103 cm³/mol. The number of aromatic amines is 1. The maximum absolute atomic E-state index is 13.6. The molecule has 138 valence electrons. The molecule has 1 aromatic heterocycles. The number of amides is 1. The van der Waals surface area contributed by atoms with Crippen LogP contribution in [0, 0.1) is 5.82 Å². The fourth-order valence-corrected chi connectivity index (χ4v) is 2.96. The Morgan fingerprint density at radius 1 is 1.26 bits per heavy atom. The van der Waals surface area contributed by atoms with Gasteiger partial charge in [-0.15, -0.1) is 10.2 Å². The molecule has 2 aromatic carbocycles. The molecule has 7 nitrogen and oxygen atoms in total. The van der Waals surface area contributed by atoms with Crippen molar-refractivity contribution in [3.63, 3.8) is 0 Å². The van der Waals surface area contributed by atoms with Crippen LogP contribution in [0.3, 0.4) is 0 Å². The Bertz CT molecular complexity index is 1060. The molecule has 0 fully saturated rings. The van der Waals surface area contributed by atoms with Gasteiger partial charge in [-0.25, -0.2) is 4.39 Å².